The van der Waals surface area contributed by atoms with Gasteiger partial charge in [-0.2, -0.15) is 0 Å². The summed E-state index contributed by atoms with van der Waals surface area (Å²) < 4.78 is 5.32. The van der Waals surface area contributed by atoms with Crippen LogP contribution in [0.15, 0.2) is 41.6 Å². The van der Waals surface area contributed by atoms with E-state index in [1.54, 1.807) is 44.1 Å². The number of pyridine rings is 1. The second-order valence-corrected chi connectivity index (χ2v) is 5.62. The lowest BCUT2D eigenvalue weighted by atomic mass is 10.1. The molecule has 0 fully saturated rings. The van der Waals surface area contributed by atoms with Crippen molar-refractivity contribution in [3.8, 4) is 5.75 Å². The van der Waals surface area contributed by atoms with Crippen molar-refractivity contribution in [1.29, 1.82) is 0 Å². The highest BCUT2D eigenvalue weighted by Crippen LogP contribution is 2.28. The van der Waals surface area contributed by atoms with Crippen LogP contribution in [0.4, 0.5) is 0 Å². The first-order valence-corrected chi connectivity index (χ1v) is 7.38. The number of aromatic nitrogens is 1. The summed E-state index contributed by atoms with van der Waals surface area (Å²) in [5.74, 6) is 1.50. The SMILES string of the molecule is COc1ccc(C(C)=O)cc1CSc1ccc(Cl)cn1. The third kappa shape index (κ3) is 3.74. The Hall–Kier alpha value is -1.52. The minimum absolute atomic E-state index is 0.0449. The fourth-order valence-electron chi connectivity index (χ4n) is 1.71. The Balaban J connectivity index is 2.16. The summed E-state index contributed by atoms with van der Waals surface area (Å²) in [5.41, 5.74) is 1.66. The van der Waals surface area contributed by atoms with Gasteiger partial charge in [-0.15, -0.1) is 11.8 Å². The molecule has 1 aromatic carbocycles. The van der Waals surface area contributed by atoms with Gasteiger partial charge >= 0.3 is 0 Å². The highest BCUT2D eigenvalue weighted by atomic mass is 35.5. The maximum atomic E-state index is 11.4. The molecule has 2 rings (SSSR count). The van der Waals surface area contributed by atoms with Gasteiger partial charge in [0.2, 0.25) is 0 Å². The van der Waals surface area contributed by atoms with Gasteiger partial charge in [0, 0.05) is 23.1 Å². The van der Waals surface area contributed by atoms with E-state index in [1.807, 2.05) is 18.2 Å². The Labute approximate surface area is 127 Å². The van der Waals surface area contributed by atoms with E-state index in [2.05, 4.69) is 4.98 Å². The zero-order chi connectivity index (χ0) is 14.5. The van der Waals surface area contributed by atoms with Crippen LogP contribution in [0.3, 0.4) is 0 Å². The van der Waals surface area contributed by atoms with Crippen LogP contribution in [0, 0.1) is 0 Å². The van der Waals surface area contributed by atoms with Crippen LogP contribution < -0.4 is 4.74 Å². The fraction of sp³-hybridized carbons (Fsp3) is 0.200. The number of rotatable bonds is 5. The van der Waals surface area contributed by atoms with Gasteiger partial charge < -0.3 is 4.74 Å². The maximum absolute atomic E-state index is 11.4. The van der Waals surface area contributed by atoms with E-state index in [0.717, 1.165) is 16.3 Å². The highest BCUT2D eigenvalue weighted by Gasteiger charge is 2.08. The molecule has 5 heteroatoms. The van der Waals surface area contributed by atoms with Gasteiger partial charge in [0.15, 0.2) is 5.78 Å². The number of Topliss-reactive ketones (excluding diaryl/α,β-unsaturated/α-hetero) is 1. The lowest BCUT2D eigenvalue weighted by Crippen LogP contribution is -1.97. The lowest BCUT2D eigenvalue weighted by Gasteiger charge is -2.09. The van der Waals surface area contributed by atoms with Crippen molar-refractivity contribution in [2.45, 2.75) is 17.7 Å². The number of methoxy groups -OCH3 is 1. The largest absolute Gasteiger partial charge is 0.496 e. The average molecular weight is 308 g/mol. The van der Waals surface area contributed by atoms with Gasteiger partial charge in [-0.3, -0.25) is 4.79 Å². The Bertz CT molecular complexity index is 614. The van der Waals surface area contributed by atoms with E-state index in [4.69, 9.17) is 16.3 Å². The molecule has 0 N–H and O–H groups in total. The number of hydrogen-bond donors (Lipinski definition) is 0. The average Bonchev–Trinajstić information content (AvgIpc) is 2.46. The topological polar surface area (TPSA) is 39.2 Å². The number of nitrogens with zero attached hydrogens (tertiary/aromatic N) is 1. The number of thioether (sulfide) groups is 1. The fourth-order valence-corrected chi connectivity index (χ4v) is 2.64. The molecule has 20 heavy (non-hydrogen) atoms. The van der Waals surface area contributed by atoms with Crippen LogP contribution in [-0.2, 0) is 5.75 Å². The summed E-state index contributed by atoms with van der Waals surface area (Å²) >= 11 is 7.37. The summed E-state index contributed by atoms with van der Waals surface area (Å²) in [6.07, 6.45) is 1.62. The molecule has 0 radical (unpaired) electrons. The molecule has 1 heterocycles. The van der Waals surface area contributed by atoms with Gasteiger partial charge in [0.25, 0.3) is 0 Å². The number of hydrogen-bond acceptors (Lipinski definition) is 4. The third-order valence-corrected chi connectivity index (χ3v) is 3.98. The van der Waals surface area contributed by atoms with Crippen molar-refractivity contribution in [3.05, 3.63) is 52.7 Å². The van der Waals surface area contributed by atoms with E-state index >= 15 is 0 Å². The van der Waals surface area contributed by atoms with Gasteiger partial charge in [-0.1, -0.05) is 11.6 Å². The molecule has 0 aliphatic carbocycles. The van der Waals surface area contributed by atoms with E-state index < -0.39 is 0 Å². The summed E-state index contributed by atoms with van der Waals surface area (Å²) in [6.45, 7) is 1.56. The molecule has 3 nitrogen and oxygen atoms in total. The lowest BCUT2D eigenvalue weighted by molar-refractivity contribution is 0.101. The van der Waals surface area contributed by atoms with Gasteiger partial charge in [-0.25, -0.2) is 4.98 Å². The van der Waals surface area contributed by atoms with Crippen molar-refractivity contribution in [2.75, 3.05) is 7.11 Å². The molecule has 0 aliphatic rings. The Morgan fingerprint density at radius 3 is 2.75 bits per heavy atom. The molecule has 1 aromatic heterocycles. The summed E-state index contributed by atoms with van der Waals surface area (Å²) in [6, 6.07) is 9.14. The number of carbonyl (C=O) groups excluding carboxylic acids is 1. The van der Waals surface area contributed by atoms with Crippen LogP contribution in [0.25, 0.3) is 0 Å². The monoisotopic (exact) mass is 307 g/mol. The van der Waals surface area contributed by atoms with E-state index in [9.17, 15) is 4.79 Å². The van der Waals surface area contributed by atoms with E-state index in [1.165, 1.54) is 0 Å². The second kappa shape index (κ2) is 6.77. The molecule has 104 valence electrons. The van der Waals surface area contributed by atoms with E-state index in [0.29, 0.717) is 16.3 Å². The van der Waals surface area contributed by atoms with Gasteiger partial charge in [0.1, 0.15) is 5.75 Å². The second-order valence-electron chi connectivity index (χ2n) is 4.19. The predicted molar refractivity (Wildman–Crippen MR) is 81.8 cm³/mol. The number of halogens is 1. The Kier molecular flexibility index (Phi) is 5.04. The van der Waals surface area contributed by atoms with Crippen LogP contribution in [0.1, 0.15) is 22.8 Å². The number of ether oxygens (including phenoxy) is 1. The van der Waals surface area contributed by atoms with Crippen LogP contribution in [0.5, 0.6) is 5.75 Å². The summed E-state index contributed by atoms with van der Waals surface area (Å²) in [7, 11) is 1.62. The summed E-state index contributed by atoms with van der Waals surface area (Å²) in [5, 5.41) is 1.50. The minimum atomic E-state index is 0.0449. The molecule has 0 unspecified atom stereocenters. The number of ketones is 1. The number of benzene rings is 1. The van der Waals surface area contributed by atoms with Crippen molar-refractivity contribution in [3.63, 3.8) is 0 Å². The quantitative estimate of drug-likeness (QED) is 0.612. The van der Waals surface area contributed by atoms with Crippen molar-refractivity contribution < 1.29 is 9.53 Å². The van der Waals surface area contributed by atoms with Crippen molar-refractivity contribution in [2.24, 2.45) is 0 Å². The normalized spacial score (nSPS) is 10.3. The van der Waals surface area contributed by atoms with Crippen LogP contribution >= 0.6 is 23.4 Å². The van der Waals surface area contributed by atoms with Crippen LogP contribution in [-0.4, -0.2) is 17.9 Å². The molecule has 0 aliphatic heterocycles. The molecular weight excluding hydrogens is 294 g/mol. The van der Waals surface area contributed by atoms with Crippen molar-refractivity contribution in [1.82, 2.24) is 4.98 Å². The van der Waals surface area contributed by atoms with Gasteiger partial charge in [0.05, 0.1) is 17.2 Å². The molecule has 0 saturated heterocycles. The van der Waals surface area contributed by atoms with Gasteiger partial charge in [-0.05, 0) is 37.3 Å². The first-order chi connectivity index (χ1) is 9.60. The molecule has 0 bridgehead atoms. The maximum Gasteiger partial charge on any atom is 0.159 e. The number of carbonyl (C=O) groups is 1. The first-order valence-electron chi connectivity index (χ1n) is 6.02. The zero-order valence-electron chi connectivity index (χ0n) is 11.2. The van der Waals surface area contributed by atoms with Crippen LogP contribution in [0.2, 0.25) is 5.02 Å². The Morgan fingerprint density at radius 1 is 1.35 bits per heavy atom. The first kappa shape index (κ1) is 14.9. The van der Waals surface area contributed by atoms with E-state index in [-0.39, 0.29) is 5.78 Å². The third-order valence-electron chi connectivity index (χ3n) is 2.76. The molecular formula is C15H14ClNO2S. The molecule has 0 saturated carbocycles. The zero-order valence-corrected chi connectivity index (χ0v) is 12.8. The molecule has 2 aromatic rings. The molecule has 0 spiro atoms. The smallest absolute Gasteiger partial charge is 0.159 e. The Morgan fingerprint density at radius 2 is 2.15 bits per heavy atom. The standard InChI is InChI=1S/C15H14ClNO2S/c1-10(18)11-3-5-14(19-2)12(7-11)9-20-15-6-4-13(16)8-17-15/h3-8H,9H2,1-2H3. The van der Waals surface area contributed by atoms with Crippen molar-refractivity contribution >= 4 is 29.1 Å². The predicted octanol–water partition coefficient (Wildman–Crippen LogP) is 4.24. The molecule has 0 amide bonds. The summed E-state index contributed by atoms with van der Waals surface area (Å²) in [4.78, 5) is 15.7. The minimum Gasteiger partial charge on any atom is -0.496 e. The highest BCUT2D eigenvalue weighted by molar-refractivity contribution is 7.98. The molecule has 0 atom stereocenters.